The van der Waals surface area contributed by atoms with Crippen LogP contribution in [-0.2, 0) is 24.5 Å². The number of ether oxygens (including phenoxy) is 1. The number of ketones is 1. The van der Waals surface area contributed by atoms with Crippen molar-refractivity contribution in [2.24, 2.45) is 5.92 Å². The third kappa shape index (κ3) is 4.39. The summed E-state index contributed by atoms with van der Waals surface area (Å²) in [6.45, 7) is 1.85. The number of Topliss-reactive ketones (excluding diaryl/α,β-unsaturated/α-hetero) is 1. The average molecular weight is 393 g/mol. The summed E-state index contributed by atoms with van der Waals surface area (Å²) < 4.78 is 4.96. The van der Waals surface area contributed by atoms with E-state index in [1.54, 1.807) is 0 Å². The zero-order valence-corrected chi connectivity index (χ0v) is 16.9. The van der Waals surface area contributed by atoms with E-state index in [0.29, 0.717) is 12.8 Å². The number of amides is 1. The van der Waals surface area contributed by atoms with Gasteiger partial charge in [0.2, 0.25) is 5.91 Å². The van der Waals surface area contributed by atoms with E-state index in [1.165, 1.54) is 7.11 Å². The Labute approximate surface area is 171 Å². The molecule has 0 unspecified atom stereocenters. The number of hydrogen-bond acceptors (Lipinski definition) is 4. The molecule has 1 N–H and O–H groups in total. The standard InChI is InChI=1S/C24H27NO4/c1-24(18-11-5-3-6-12-18,19-13-7-4-8-14-19)23(28)25-21(22(27)29-2)17-10-9-15-20(26)16-17/h3-8,11-14,17,21H,9-10,15-16H2,1-2H3,(H,25,28)/t17-,21-/m1/s1. The van der Waals surface area contributed by atoms with Crippen LogP contribution in [0.15, 0.2) is 60.7 Å². The van der Waals surface area contributed by atoms with Gasteiger partial charge in [0.15, 0.2) is 0 Å². The molecule has 0 aliphatic heterocycles. The van der Waals surface area contributed by atoms with Crippen molar-refractivity contribution in [2.75, 3.05) is 7.11 Å². The van der Waals surface area contributed by atoms with Crippen molar-refractivity contribution in [1.29, 1.82) is 0 Å². The number of esters is 1. The average Bonchev–Trinajstić information content (AvgIpc) is 2.77. The minimum Gasteiger partial charge on any atom is -0.467 e. The van der Waals surface area contributed by atoms with E-state index in [9.17, 15) is 14.4 Å². The molecule has 0 radical (unpaired) electrons. The zero-order valence-electron chi connectivity index (χ0n) is 16.9. The van der Waals surface area contributed by atoms with Crippen molar-refractivity contribution < 1.29 is 19.1 Å². The van der Waals surface area contributed by atoms with Crippen LogP contribution in [0.2, 0.25) is 0 Å². The maximum absolute atomic E-state index is 13.6. The minimum atomic E-state index is -0.993. The first-order valence-electron chi connectivity index (χ1n) is 9.98. The highest BCUT2D eigenvalue weighted by molar-refractivity contribution is 5.95. The fourth-order valence-corrected chi connectivity index (χ4v) is 4.10. The summed E-state index contributed by atoms with van der Waals surface area (Å²) >= 11 is 0. The molecule has 0 spiro atoms. The molecule has 1 aliphatic carbocycles. The fraction of sp³-hybridized carbons (Fsp3) is 0.375. The smallest absolute Gasteiger partial charge is 0.328 e. The van der Waals surface area contributed by atoms with E-state index in [2.05, 4.69) is 5.32 Å². The normalized spacial score (nSPS) is 18.0. The monoisotopic (exact) mass is 393 g/mol. The molecule has 5 heteroatoms. The second-order valence-corrected chi connectivity index (χ2v) is 7.73. The van der Waals surface area contributed by atoms with Gasteiger partial charge in [-0.15, -0.1) is 0 Å². The van der Waals surface area contributed by atoms with Crippen LogP contribution in [0, 0.1) is 5.92 Å². The van der Waals surface area contributed by atoms with E-state index in [0.717, 1.165) is 17.5 Å². The number of hydrogen-bond donors (Lipinski definition) is 1. The van der Waals surface area contributed by atoms with Gasteiger partial charge in [-0.05, 0) is 36.8 Å². The Bertz CT molecular complexity index is 823. The molecule has 2 aromatic carbocycles. The number of carbonyl (C=O) groups excluding carboxylic acids is 3. The SMILES string of the molecule is COC(=O)[C@H](NC(=O)C(C)(c1ccccc1)c1ccccc1)[C@@H]1CCCC(=O)C1. The molecule has 152 valence electrons. The lowest BCUT2D eigenvalue weighted by Gasteiger charge is -2.34. The Morgan fingerprint density at radius 1 is 1.03 bits per heavy atom. The Balaban J connectivity index is 1.96. The Hall–Kier alpha value is -2.95. The summed E-state index contributed by atoms with van der Waals surface area (Å²) in [6.07, 6.45) is 2.25. The molecular formula is C24H27NO4. The molecule has 0 heterocycles. The summed E-state index contributed by atoms with van der Waals surface area (Å²) in [5.74, 6) is -0.924. The highest BCUT2D eigenvalue weighted by Crippen LogP contribution is 2.33. The highest BCUT2D eigenvalue weighted by atomic mass is 16.5. The van der Waals surface area contributed by atoms with Gasteiger partial charge in [0.05, 0.1) is 12.5 Å². The maximum Gasteiger partial charge on any atom is 0.328 e. The van der Waals surface area contributed by atoms with Crippen LogP contribution < -0.4 is 5.32 Å². The Morgan fingerprint density at radius 2 is 1.59 bits per heavy atom. The van der Waals surface area contributed by atoms with Gasteiger partial charge in [0, 0.05) is 12.8 Å². The lowest BCUT2D eigenvalue weighted by molar-refractivity contribution is -0.148. The molecule has 1 amide bonds. The number of rotatable bonds is 6. The van der Waals surface area contributed by atoms with Crippen molar-refractivity contribution in [2.45, 2.75) is 44.1 Å². The molecule has 0 bridgehead atoms. The molecular weight excluding hydrogens is 366 g/mol. The van der Waals surface area contributed by atoms with Crippen LogP contribution >= 0.6 is 0 Å². The van der Waals surface area contributed by atoms with E-state index >= 15 is 0 Å². The minimum absolute atomic E-state index is 0.123. The van der Waals surface area contributed by atoms with Crippen LogP contribution in [-0.4, -0.2) is 30.8 Å². The molecule has 1 aliphatic rings. The molecule has 29 heavy (non-hydrogen) atoms. The molecule has 1 saturated carbocycles. The highest BCUT2D eigenvalue weighted by Gasteiger charge is 2.41. The largest absolute Gasteiger partial charge is 0.467 e. The van der Waals surface area contributed by atoms with Gasteiger partial charge in [0.25, 0.3) is 0 Å². The van der Waals surface area contributed by atoms with Gasteiger partial charge in [-0.1, -0.05) is 60.7 Å². The van der Waals surface area contributed by atoms with Crippen LogP contribution in [0.1, 0.15) is 43.7 Å². The number of carbonyl (C=O) groups is 3. The lowest BCUT2D eigenvalue weighted by Crippen LogP contribution is -2.53. The van der Waals surface area contributed by atoms with Crippen LogP contribution in [0.4, 0.5) is 0 Å². The number of methoxy groups -OCH3 is 1. The van der Waals surface area contributed by atoms with Gasteiger partial charge in [0.1, 0.15) is 11.8 Å². The van der Waals surface area contributed by atoms with Crippen molar-refractivity contribution in [3.63, 3.8) is 0 Å². The van der Waals surface area contributed by atoms with Gasteiger partial charge in [-0.2, -0.15) is 0 Å². The first-order valence-corrected chi connectivity index (χ1v) is 9.98. The lowest BCUT2D eigenvalue weighted by atomic mass is 9.74. The Morgan fingerprint density at radius 3 is 2.07 bits per heavy atom. The van der Waals surface area contributed by atoms with Crippen molar-refractivity contribution >= 4 is 17.7 Å². The van der Waals surface area contributed by atoms with Gasteiger partial charge >= 0.3 is 5.97 Å². The van der Waals surface area contributed by atoms with Crippen molar-refractivity contribution in [3.8, 4) is 0 Å². The van der Waals surface area contributed by atoms with Crippen molar-refractivity contribution in [3.05, 3.63) is 71.8 Å². The van der Waals surface area contributed by atoms with E-state index in [4.69, 9.17) is 4.74 Å². The number of benzene rings is 2. The topological polar surface area (TPSA) is 72.5 Å². The van der Waals surface area contributed by atoms with E-state index in [1.807, 2.05) is 67.6 Å². The van der Waals surface area contributed by atoms with Crippen LogP contribution in [0.3, 0.4) is 0 Å². The predicted octanol–water partition coefficient (Wildman–Crippen LogP) is 3.41. The third-order valence-corrected chi connectivity index (χ3v) is 5.89. The molecule has 3 rings (SSSR count). The zero-order chi connectivity index (χ0) is 20.9. The van der Waals surface area contributed by atoms with Gasteiger partial charge in [-0.3, -0.25) is 9.59 Å². The maximum atomic E-state index is 13.6. The third-order valence-electron chi connectivity index (χ3n) is 5.89. The van der Waals surface area contributed by atoms with Gasteiger partial charge in [-0.25, -0.2) is 4.79 Å². The second kappa shape index (κ2) is 9.03. The van der Waals surface area contributed by atoms with Crippen LogP contribution in [0.25, 0.3) is 0 Å². The summed E-state index contributed by atoms with van der Waals surface area (Å²) in [5.41, 5.74) is 0.659. The first kappa shape index (κ1) is 20.8. The molecule has 1 fully saturated rings. The Kier molecular flexibility index (Phi) is 6.47. The van der Waals surface area contributed by atoms with Crippen molar-refractivity contribution in [1.82, 2.24) is 5.32 Å². The second-order valence-electron chi connectivity index (χ2n) is 7.73. The van der Waals surface area contributed by atoms with Crippen LogP contribution in [0.5, 0.6) is 0 Å². The summed E-state index contributed by atoms with van der Waals surface area (Å²) in [6, 6.07) is 18.1. The molecule has 0 aromatic heterocycles. The molecule has 0 saturated heterocycles. The van der Waals surface area contributed by atoms with Gasteiger partial charge < -0.3 is 10.1 Å². The summed E-state index contributed by atoms with van der Waals surface area (Å²) in [4.78, 5) is 38.1. The molecule has 5 nitrogen and oxygen atoms in total. The molecule has 2 aromatic rings. The van der Waals surface area contributed by atoms with E-state index in [-0.39, 0.29) is 24.0 Å². The summed E-state index contributed by atoms with van der Waals surface area (Å²) in [7, 11) is 1.31. The fourth-order valence-electron chi connectivity index (χ4n) is 4.10. The number of nitrogens with one attached hydrogen (secondary N) is 1. The van der Waals surface area contributed by atoms with E-state index < -0.39 is 17.4 Å². The quantitative estimate of drug-likeness (QED) is 0.764. The first-order chi connectivity index (χ1) is 14.0. The molecule has 2 atom stereocenters. The predicted molar refractivity (Wildman–Crippen MR) is 110 cm³/mol. The summed E-state index contributed by atoms with van der Waals surface area (Å²) in [5, 5.41) is 2.93.